The van der Waals surface area contributed by atoms with Gasteiger partial charge in [0.1, 0.15) is 5.82 Å². The number of thiophene rings is 1. The number of hydrogen-bond donors (Lipinski definition) is 0. The van der Waals surface area contributed by atoms with E-state index in [2.05, 4.69) is 346 Å². The van der Waals surface area contributed by atoms with Gasteiger partial charge < -0.3 is 9.13 Å². The molecule has 0 saturated carbocycles. The van der Waals surface area contributed by atoms with Crippen LogP contribution in [0, 0.1) is 0 Å². The minimum Gasteiger partial charge on any atom is -0.309 e. The van der Waals surface area contributed by atoms with Crippen LogP contribution < -0.4 is 0 Å². The van der Waals surface area contributed by atoms with E-state index in [0.29, 0.717) is 11.8 Å². The summed E-state index contributed by atoms with van der Waals surface area (Å²) < 4.78 is 12.1. The predicted octanol–water partition coefficient (Wildman–Crippen LogP) is 24.8. The van der Waals surface area contributed by atoms with Crippen LogP contribution in [-0.2, 0) is 0 Å². The Labute approximate surface area is 592 Å². The first-order chi connectivity index (χ1) is 51.1. The molecular formula is C94H56N8S. The van der Waals surface area contributed by atoms with Crippen LogP contribution in [0.3, 0.4) is 0 Å². The molecule has 0 amide bonds. The molecule has 0 aliphatic rings. The summed E-state index contributed by atoms with van der Waals surface area (Å²) in [7, 11) is 0. The van der Waals surface area contributed by atoms with Crippen LogP contribution in [0.5, 0.6) is 0 Å². The van der Waals surface area contributed by atoms with Crippen molar-refractivity contribution in [2.45, 2.75) is 0 Å². The standard InChI is InChI=1S/C48H28N4S.C46H28N4/c1-2-14-31-29(13-1)28-42-45(46(31)51-39-21-9-4-15-32(39)33-16-5-10-22-40(33)51)36-19-6-11-23-41(36)52(42)48-35-18-3-8-20-38(35)49-47(50-48)30-25-26-44-37(27-30)34-17-7-12-24-43(34)53-44;1-2-13-30(14-3-1)45-36-17-6-9-19-39(36)47-46(48-45)50-40-20-10-7-16-35(40)38-27-32-26-33(24-22-31(32)28-43(38)50)49-41-21-11-8-18-37(41)44-34-15-5-4-12-29(34)23-25-42(44)49/h1-28H;1-28H. The highest BCUT2D eigenvalue weighted by Gasteiger charge is 2.26. The predicted molar refractivity (Wildman–Crippen MR) is 433 cm³/mol. The van der Waals surface area contributed by atoms with Gasteiger partial charge in [0.15, 0.2) is 5.82 Å². The van der Waals surface area contributed by atoms with Crippen molar-refractivity contribution < 1.29 is 0 Å². The van der Waals surface area contributed by atoms with E-state index in [-0.39, 0.29) is 0 Å². The first kappa shape index (κ1) is 57.3. The molecule has 478 valence electrons. The van der Waals surface area contributed by atoms with Crippen molar-refractivity contribution in [1.82, 2.24) is 38.2 Å². The highest BCUT2D eigenvalue weighted by molar-refractivity contribution is 7.25. The molecule has 0 N–H and O–H groups in total. The smallest absolute Gasteiger partial charge is 0.235 e. The fourth-order valence-corrected chi connectivity index (χ4v) is 17.8. The van der Waals surface area contributed by atoms with Crippen LogP contribution in [0.25, 0.3) is 207 Å². The largest absolute Gasteiger partial charge is 0.309 e. The van der Waals surface area contributed by atoms with Crippen LogP contribution in [0.15, 0.2) is 340 Å². The topological polar surface area (TPSA) is 71.3 Å². The molecule has 0 aliphatic heterocycles. The molecule has 0 aliphatic carbocycles. The Bertz CT molecular complexity index is 7460. The van der Waals surface area contributed by atoms with Crippen LogP contribution in [0.2, 0.25) is 0 Å². The second-order valence-corrected chi connectivity index (χ2v) is 27.9. The van der Waals surface area contributed by atoms with Crippen molar-refractivity contribution in [2.75, 3.05) is 0 Å². The molecule has 103 heavy (non-hydrogen) atoms. The summed E-state index contributed by atoms with van der Waals surface area (Å²) in [5, 5.41) is 21.6. The molecule has 0 saturated heterocycles. The zero-order valence-corrected chi connectivity index (χ0v) is 56.1. The zero-order chi connectivity index (χ0) is 67.4. The van der Waals surface area contributed by atoms with Gasteiger partial charge in [-0.05, 0) is 136 Å². The van der Waals surface area contributed by atoms with Crippen LogP contribution in [0.4, 0.5) is 0 Å². The van der Waals surface area contributed by atoms with Crippen molar-refractivity contribution in [3.63, 3.8) is 0 Å². The molecule has 0 bridgehead atoms. The van der Waals surface area contributed by atoms with Gasteiger partial charge in [-0.3, -0.25) is 9.13 Å². The van der Waals surface area contributed by atoms with Crippen LogP contribution in [-0.4, -0.2) is 38.2 Å². The van der Waals surface area contributed by atoms with Gasteiger partial charge in [-0.15, -0.1) is 11.3 Å². The van der Waals surface area contributed by atoms with Gasteiger partial charge in [0.05, 0.1) is 66.5 Å². The normalized spacial score (nSPS) is 12.1. The molecule has 8 nitrogen and oxygen atoms in total. The highest BCUT2D eigenvalue weighted by atomic mass is 32.1. The minimum atomic E-state index is 0.669. The van der Waals surface area contributed by atoms with E-state index in [1.807, 2.05) is 23.5 Å². The average Bonchev–Trinajstić information content (AvgIpc) is 1.55. The van der Waals surface area contributed by atoms with E-state index in [9.17, 15) is 0 Å². The lowest BCUT2D eigenvalue weighted by Crippen LogP contribution is -2.03. The van der Waals surface area contributed by atoms with E-state index >= 15 is 0 Å². The zero-order valence-electron chi connectivity index (χ0n) is 55.3. The van der Waals surface area contributed by atoms with Crippen molar-refractivity contribution in [1.29, 1.82) is 0 Å². The van der Waals surface area contributed by atoms with E-state index in [0.717, 1.165) is 72.2 Å². The van der Waals surface area contributed by atoms with Gasteiger partial charge in [0, 0.05) is 96.2 Å². The molecule has 7 aromatic heterocycles. The quantitative estimate of drug-likeness (QED) is 0.166. The molecule has 0 atom stereocenters. The van der Waals surface area contributed by atoms with E-state index in [4.69, 9.17) is 19.9 Å². The molecular weight excluding hydrogens is 1270 g/mol. The Morgan fingerprint density at radius 3 is 1.50 bits per heavy atom. The maximum Gasteiger partial charge on any atom is 0.235 e. The average molecular weight is 1330 g/mol. The fourth-order valence-electron chi connectivity index (χ4n) is 16.7. The molecule has 0 spiro atoms. The Morgan fingerprint density at radius 1 is 0.233 bits per heavy atom. The third-order valence-corrected chi connectivity index (χ3v) is 22.3. The lowest BCUT2D eigenvalue weighted by molar-refractivity contribution is 1.01. The number of para-hydroxylation sites is 7. The summed E-state index contributed by atoms with van der Waals surface area (Å²) in [5.74, 6) is 2.25. The van der Waals surface area contributed by atoms with Crippen LogP contribution in [0.1, 0.15) is 0 Å². The van der Waals surface area contributed by atoms with E-state index in [1.165, 1.54) is 123 Å². The van der Waals surface area contributed by atoms with Gasteiger partial charge in [0.2, 0.25) is 5.95 Å². The molecule has 0 unspecified atom stereocenters. The molecule has 23 rings (SSSR count). The summed E-state index contributed by atoms with van der Waals surface area (Å²) in [6.45, 7) is 0. The number of aromatic nitrogens is 8. The number of benzene rings is 16. The molecule has 7 heterocycles. The molecule has 23 aromatic rings. The lowest BCUT2D eigenvalue weighted by atomic mass is 10.0. The number of rotatable bonds is 6. The van der Waals surface area contributed by atoms with E-state index in [1.54, 1.807) is 0 Å². The summed E-state index contributed by atoms with van der Waals surface area (Å²) in [6, 6.07) is 122. The van der Waals surface area contributed by atoms with Gasteiger partial charge in [0.25, 0.3) is 0 Å². The van der Waals surface area contributed by atoms with E-state index < -0.39 is 0 Å². The van der Waals surface area contributed by atoms with Gasteiger partial charge in [-0.2, -0.15) is 0 Å². The minimum absolute atomic E-state index is 0.669. The number of nitrogens with zero attached hydrogens (tertiary/aromatic N) is 8. The van der Waals surface area contributed by atoms with Gasteiger partial charge >= 0.3 is 0 Å². The molecule has 9 heteroatoms. The van der Waals surface area contributed by atoms with Gasteiger partial charge in [-0.25, -0.2) is 19.9 Å². The first-order valence-corrected chi connectivity index (χ1v) is 35.7. The molecule has 0 fully saturated rings. The fraction of sp³-hybridized carbons (Fsp3) is 0. The molecule has 0 radical (unpaired) electrons. The SMILES string of the molecule is c1ccc(-c2nc(-n3c4ccccc4c4cc5cc(-n6c7ccccc7c7c8ccccc8ccc76)ccc5cc43)nc3ccccc23)cc1.c1ccc2c(-n3c4ccccc4c4ccccc43)c3c4ccccc4n(-c4nc(-c5ccc6sc7ccccc7c6c5)nc5ccccc45)c3cc2c1. The van der Waals surface area contributed by atoms with Gasteiger partial charge in [-0.1, -0.05) is 231 Å². The molecule has 16 aromatic carbocycles. The Morgan fingerprint density at radius 2 is 0.767 bits per heavy atom. The van der Waals surface area contributed by atoms with Crippen LogP contribution >= 0.6 is 11.3 Å². The highest BCUT2D eigenvalue weighted by Crippen LogP contribution is 2.46. The number of hydrogen-bond acceptors (Lipinski definition) is 5. The first-order valence-electron chi connectivity index (χ1n) is 34.9. The maximum atomic E-state index is 5.51. The maximum absolute atomic E-state index is 5.51. The van der Waals surface area contributed by atoms with Crippen molar-refractivity contribution in [2.24, 2.45) is 0 Å². The lowest BCUT2D eigenvalue weighted by Gasteiger charge is -2.16. The summed E-state index contributed by atoms with van der Waals surface area (Å²) in [4.78, 5) is 21.1. The summed E-state index contributed by atoms with van der Waals surface area (Å²) >= 11 is 1.83. The monoisotopic (exact) mass is 1330 g/mol. The Hall–Kier alpha value is -13.6. The summed E-state index contributed by atoms with van der Waals surface area (Å²) in [6.07, 6.45) is 0. The second-order valence-electron chi connectivity index (χ2n) is 26.8. The van der Waals surface area contributed by atoms with Crippen molar-refractivity contribution >= 4 is 173 Å². The third kappa shape index (κ3) is 8.70. The Kier molecular flexibility index (Phi) is 12.5. The summed E-state index contributed by atoms with van der Waals surface area (Å²) in [5.41, 5.74) is 16.4. The van der Waals surface area contributed by atoms with Crippen molar-refractivity contribution in [3.05, 3.63) is 340 Å². The Balaban J connectivity index is 0.000000130. The van der Waals surface area contributed by atoms with Crippen molar-refractivity contribution in [3.8, 4) is 45.8 Å². The third-order valence-electron chi connectivity index (χ3n) is 21.2. The number of fused-ring (bicyclic) bond motifs is 21. The second kappa shape index (κ2) is 22.5.